The number of morpholine rings is 1. The van der Waals surface area contributed by atoms with Crippen molar-refractivity contribution in [2.45, 2.75) is 19.5 Å². The van der Waals surface area contributed by atoms with Crippen molar-refractivity contribution in [1.82, 2.24) is 15.6 Å². The van der Waals surface area contributed by atoms with E-state index in [1.807, 2.05) is 42.2 Å². The summed E-state index contributed by atoms with van der Waals surface area (Å²) in [4.78, 5) is 10.7. The predicted octanol–water partition coefficient (Wildman–Crippen LogP) is 2.79. The quantitative estimate of drug-likeness (QED) is 0.479. The van der Waals surface area contributed by atoms with E-state index in [1.165, 1.54) is 0 Å². The second-order valence-corrected chi connectivity index (χ2v) is 7.70. The minimum Gasteiger partial charge on any atom is -0.378 e. The number of para-hydroxylation sites is 1. The van der Waals surface area contributed by atoms with E-state index in [-0.39, 0.29) is 18.5 Å². The Morgan fingerprint density at radius 1 is 1.35 bits per heavy atom. The van der Waals surface area contributed by atoms with Crippen LogP contribution in [0.4, 0.5) is 10.1 Å². The number of anilines is 1. The summed E-state index contributed by atoms with van der Waals surface area (Å²) in [6.07, 6.45) is 6.15. The lowest BCUT2D eigenvalue weighted by Crippen LogP contribution is -2.47. The van der Waals surface area contributed by atoms with Gasteiger partial charge in [0.25, 0.3) is 0 Å². The van der Waals surface area contributed by atoms with Gasteiger partial charge < -0.3 is 20.3 Å². The van der Waals surface area contributed by atoms with E-state index in [2.05, 4.69) is 31.1 Å². The molecule has 0 spiro atoms. The van der Waals surface area contributed by atoms with Crippen LogP contribution in [0.2, 0.25) is 5.02 Å². The topological polar surface area (TPSA) is 85.6 Å². The van der Waals surface area contributed by atoms with Crippen molar-refractivity contribution in [1.29, 1.82) is 0 Å². The number of allylic oxidation sites excluding steroid dienone is 1. The van der Waals surface area contributed by atoms with E-state index in [9.17, 15) is 4.39 Å². The second-order valence-electron chi connectivity index (χ2n) is 7.30. The SMILES string of the molecule is Cc1cccc(Cl)c1NC1CC=CC(/C=N\NC2=NCC(F)=C(N3CCOCC3)N2)=N1. The summed E-state index contributed by atoms with van der Waals surface area (Å²) < 4.78 is 19.5. The zero-order chi connectivity index (χ0) is 21.6. The third kappa shape index (κ3) is 5.42. The number of aryl methyl sites for hydroxylation is 1. The number of hydrogen-bond acceptors (Lipinski definition) is 8. The molecule has 0 bridgehead atoms. The highest BCUT2D eigenvalue weighted by Gasteiger charge is 2.22. The molecule has 0 aliphatic carbocycles. The first kappa shape index (κ1) is 21.3. The number of nitrogens with zero attached hydrogens (tertiary/aromatic N) is 4. The first-order valence-corrected chi connectivity index (χ1v) is 10.6. The number of halogens is 2. The van der Waals surface area contributed by atoms with Gasteiger partial charge in [-0.25, -0.2) is 14.8 Å². The Kier molecular flexibility index (Phi) is 6.83. The van der Waals surface area contributed by atoms with Crippen molar-refractivity contribution in [3.63, 3.8) is 0 Å². The second kappa shape index (κ2) is 9.93. The average Bonchev–Trinajstić information content (AvgIpc) is 2.78. The summed E-state index contributed by atoms with van der Waals surface area (Å²) >= 11 is 6.31. The molecule has 0 amide bonds. The number of hydrogen-bond donors (Lipinski definition) is 3. The average molecular weight is 446 g/mol. The van der Waals surface area contributed by atoms with Gasteiger partial charge in [0, 0.05) is 19.5 Å². The molecule has 31 heavy (non-hydrogen) atoms. The fourth-order valence-electron chi connectivity index (χ4n) is 3.45. The maximum absolute atomic E-state index is 14.2. The van der Waals surface area contributed by atoms with E-state index in [4.69, 9.17) is 16.3 Å². The summed E-state index contributed by atoms with van der Waals surface area (Å²) in [6, 6.07) is 5.78. The normalized spacial score (nSPS) is 21.6. The molecule has 1 aromatic carbocycles. The van der Waals surface area contributed by atoms with Crippen LogP contribution in [0.25, 0.3) is 0 Å². The number of ether oxygens (including phenoxy) is 1. The number of hydrazone groups is 1. The maximum atomic E-state index is 14.2. The summed E-state index contributed by atoms with van der Waals surface area (Å²) in [5.74, 6) is 0.519. The molecule has 1 saturated heterocycles. The number of guanidine groups is 1. The molecule has 164 valence electrons. The van der Waals surface area contributed by atoms with Crippen LogP contribution in [0.15, 0.2) is 57.1 Å². The molecular formula is C21H25ClFN7O. The van der Waals surface area contributed by atoms with Gasteiger partial charge in [-0.1, -0.05) is 29.8 Å². The number of benzene rings is 1. The maximum Gasteiger partial charge on any atom is 0.218 e. The fraction of sp³-hybridized carbons (Fsp3) is 0.381. The molecule has 8 nitrogen and oxygen atoms in total. The standard InChI is InChI=1S/C21H25ClFN7O/c1-14-4-2-6-16(22)19(14)27-18-7-3-5-15(26-18)12-25-29-21-24-13-17(23)20(28-21)30-8-10-31-11-9-30/h2-6,12,18,27H,7-11,13H2,1H3,(H2,24,28,29)/b25-12-. The molecule has 3 N–H and O–H groups in total. The van der Waals surface area contributed by atoms with Gasteiger partial charge in [0.1, 0.15) is 12.0 Å². The molecule has 1 fully saturated rings. The first-order valence-electron chi connectivity index (χ1n) is 10.2. The summed E-state index contributed by atoms with van der Waals surface area (Å²) in [6.45, 7) is 4.39. The minimum atomic E-state index is -0.292. The molecule has 1 aromatic rings. The van der Waals surface area contributed by atoms with Crippen LogP contribution in [0.5, 0.6) is 0 Å². The number of rotatable bonds is 5. The Bertz CT molecular complexity index is 946. The molecule has 0 saturated carbocycles. The van der Waals surface area contributed by atoms with Crippen LogP contribution in [0.3, 0.4) is 0 Å². The molecule has 3 aliphatic heterocycles. The van der Waals surface area contributed by atoms with Crippen LogP contribution < -0.4 is 16.1 Å². The third-order valence-corrected chi connectivity index (χ3v) is 5.37. The van der Waals surface area contributed by atoms with E-state index in [1.54, 1.807) is 6.21 Å². The number of nitrogens with one attached hydrogen (secondary N) is 3. The smallest absolute Gasteiger partial charge is 0.218 e. The predicted molar refractivity (Wildman–Crippen MR) is 122 cm³/mol. The largest absolute Gasteiger partial charge is 0.378 e. The summed E-state index contributed by atoms with van der Waals surface area (Å²) in [5.41, 5.74) is 5.48. The molecule has 0 aromatic heterocycles. The molecule has 10 heteroatoms. The van der Waals surface area contributed by atoms with Crippen LogP contribution in [0, 0.1) is 6.92 Å². The van der Waals surface area contributed by atoms with E-state index >= 15 is 0 Å². The van der Waals surface area contributed by atoms with Crippen molar-refractivity contribution >= 4 is 35.2 Å². The van der Waals surface area contributed by atoms with Crippen LogP contribution in [-0.2, 0) is 4.74 Å². The molecule has 4 rings (SSSR count). The molecular weight excluding hydrogens is 421 g/mol. The highest BCUT2D eigenvalue weighted by atomic mass is 35.5. The molecule has 3 heterocycles. The third-order valence-electron chi connectivity index (χ3n) is 5.05. The van der Waals surface area contributed by atoms with Crippen molar-refractivity contribution in [3.05, 3.63) is 52.6 Å². The molecule has 1 atom stereocenters. The van der Waals surface area contributed by atoms with Gasteiger partial charge in [0.2, 0.25) is 5.96 Å². The Morgan fingerprint density at radius 2 is 2.19 bits per heavy atom. The zero-order valence-electron chi connectivity index (χ0n) is 17.2. The Morgan fingerprint density at radius 3 is 3.00 bits per heavy atom. The van der Waals surface area contributed by atoms with Gasteiger partial charge in [-0.2, -0.15) is 5.10 Å². The van der Waals surface area contributed by atoms with Gasteiger partial charge in [0.15, 0.2) is 5.83 Å². The highest BCUT2D eigenvalue weighted by Crippen LogP contribution is 2.27. The lowest BCUT2D eigenvalue weighted by atomic mass is 10.1. The molecule has 3 aliphatic rings. The number of dihydropyridines is 1. The summed E-state index contributed by atoms with van der Waals surface area (Å²) in [5, 5.41) is 11.2. The number of aliphatic imine (C=N–C) groups is 2. The zero-order valence-corrected chi connectivity index (χ0v) is 18.0. The Balaban J connectivity index is 1.34. The van der Waals surface area contributed by atoms with Gasteiger partial charge >= 0.3 is 0 Å². The van der Waals surface area contributed by atoms with E-state index < -0.39 is 0 Å². The lowest BCUT2D eigenvalue weighted by molar-refractivity contribution is 0.0498. The van der Waals surface area contributed by atoms with Gasteiger partial charge in [-0.05, 0) is 24.6 Å². The van der Waals surface area contributed by atoms with Crippen LogP contribution in [-0.4, -0.2) is 61.8 Å². The molecule has 1 unspecified atom stereocenters. The highest BCUT2D eigenvalue weighted by molar-refractivity contribution is 6.36. The lowest BCUT2D eigenvalue weighted by Gasteiger charge is -2.32. The van der Waals surface area contributed by atoms with Gasteiger partial charge in [-0.15, -0.1) is 0 Å². The van der Waals surface area contributed by atoms with Crippen LogP contribution in [0.1, 0.15) is 12.0 Å². The minimum absolute atomic E-state index is 0.0262. The van der Waals surface area contributed by atoms with Crippen LogP contribution >= 0.6 is 11.6 Å². The van der Waals surface area contributed by atoms with Crippen molar-refractivity contribution in [2.24, 2.45) is 15.1 Å². The van der Waals surface area contributed by atoms with Crippen molar-refractivity contribution in [3.8, 4) is 0 Å². The fourth-order valence-corrected chi connectivity index (χ4v) is 3.72. The monoisotopic (exact) mass is 445 g/mol. The Hall–Kier alpha value is -2.91. The molecule has 0 radical (unpaired) electrons. The van der Waals surface area contributed by atoms with Crippen molar-refractivity contribution < 1.29 is 9.13 Å². The Labute approximate surface area is 185 Å². The van der Waals surface area contributed by atoms with Gasteiger partial charge in [-0.3, -0.25) is 4.99 Å². The van der Waals surface area contributed by atoms with E-state index in [0.717, 1.165) is 17.7 Å². The first-order chi connectivity index (χ1) is 15.1. The van der Waals surface area contributed by atoms with E-state index in [0.29, 0.717) is 48.8 Å². The van der Waals surface area contributed by atoms with Gasteiger partial charge in [0.05, 0.1) is 42.4 Å². The van der Waals surface area contributed by atoms with Crippen molar-refractivity contribution in [2.75, 3.05) is 38.2 Å². The summed E-state index contributed by atoms with van der Waals surface area (Å²) in [7, 11) is 0.